The van der Waals surface area contributed by atoms with Crippen molar-refractivity contribution in [1.82, 2.24) is 14.8 Å². The number of aryl methyl sites for hydroxylation is 2. The summed E-state index contributed by atoms with van der Waals surface area (Å²) >= 11 is 0. The normalized spacial score (nSPS) is 12.2. The first-order chi connectivity index (χ1) is 10.9. The minimum atomic E-state index is -0.577. The van der Waals surface area contributed by atoms with Gasteiger partial charge in [-0.15, -0.1) is 0 Å². The second-order valence-corrected chi connectivity index (χ2v) is 5.88. The van der Waals surface area contributed by atoms with Crippen LogP contribution in [0.5, 0.6) is 0 Å². The molecule has 2 aromatic rings. The third kappa shape index (κ3) is 3.87. The first-order valence-corrected chi connectivity index (χ1v) is 7.57. The summed E-state index contributed by atoms with van der Waals surface area (Å²) < 4.78 is 1.65. The first kappa shape index (κ1) is 17.0. The second kappa shape index (κ2) is 7.24. The second-order valence-electron chi connectivity index (χ2n) is 5.88. The molecule has 5 nitrogen and oxygen atoms in total. The molecule has 0 spiro atoms. The van der Waals surface area contributed by atoms with E-state index in [9.17, 15) is 9.59 Å². The molecule has 0 fully saturated rings. The van der Waals surface area contributed by atoms with Crippen molar-refractivity contribution in [2.75, 3.05) is 20.6 Å². The van der Waals surface area contributed by atoms with Crippen LogP contribution in [0.2, 0.25) is 0 Å². The van der Waals surface area contributed by atoms with Gasteiger partial charge >= 0.3 is 0 Å². The van der Waals surface area contributed by atoms with Crippen molar-refractivity contribution in [3.8, 4) is 0 Å². The lowest BCUT2D eigenvalue weighted by Gasteiger charge is -2.26. The predicted molar refractivity (Wildman–Crippen MR) is 90.4 cm³/mol. The summed E-state index contributed by atoms with van der Waals surface area (Å²) in [5.74, 6) is -1.09. The number of ketones is 1. The maximum atomic E-state index is 12.2. The van der Waals surface area contributed by atoms with E-state index in [0.29, 0.717) is 12.2 Å². The van der Waals surface area contributed by atoms with E-state index in [1.807, 2.05) is 50.2 Å². The van der Waals surface area contributed by atoms with E-state index in [1.165, 1.54) is 0 Å². The van der Waals surface area contributed by atoms with Crippen molar-refractivity contribution in [1.29, 1.82) is 0 Å². The van der Waals surface area contributed by atoms with E-state index < -0.39 is 11.7 Å². The summed E-state index contributed by atoms with van der Waals surface area (Å²) in [5, 5.41) is 2.76. The molecule has 0 aliphatic carbocycles. The number of hydrogen-bond donors (Lipinski definition) is 1. The SMILES string of the molecule is Cc1ccccc1[C@@H](CNC(=O)C(=O)c1cccn1C)N(C)C. The molecular formula is C18H23N3O2. The molecule has 23 heavy (non-hydrogen) atoms. The van der Waals surface area contributed by atoms with Crippen LogP contribution < -0.4 is 5.32 Å². The van der Waals surface area contributed by atoms with Crippen LogP contribution in [0.4, 0.5) is 0 Å². The fourth-order valence-electron chi connectivity index (χ4n) is 2.61. The number of hydrogen-bond acceptors (Lipinski definition) is 3. The number of carbonyl (C=O) groups is 2. The van der Waals surface area contributed by atoms with Crippen LogP contribution in [-0.2, 0) is 11.8 Å². The van der Waals surface area contributed by atoms with Gasteiger partial charge in [0.25, 0.3) is 11.7 Å². The van der Waals surface area contributed by atoms with Crippen LogP contribution in [-0.4, -0.2) is 41.8 Å². The number of aromatic nitrogens is 1. The molecule has 1 aromatic heterocycles. The van der Waals surface area contributed by atoms with Crippen LogP contribution >= 0.6 is 0 Å². The molecule has 0 aliphatic rings. The molecule has 0 radical (unpaired) electrons. The van der Waals surface area contributed by atoms with Gasteiger partial charge in [-0.1, -0.05) is 24.3 Å². The fourth-order valence-corrected chi connectivity index (χ4v) is 2.61. The van der Waals surface area contributed by atoms with Gasteiger partial charge in [0.2, 0.25) is 0 Å². The monoisotopic (exact) mass is 313 g/mol. The summed E-state index contributed by atoms with van der Waals surface area (Å²) in [6.45, 7) is 2.43. The number of likely N-dealkylation sites (N-methyl/N-ethyl adjacent to an activating group) is 1. The minimum Gasteiger partial charge on any atom is -0.348 e. The van der Waals surface area contributed by atoms with Gasteiger partial charge in [0.1, 0.15) is 0 Å². The largest absolute Gasteiger partial charge is 0.348 e. The smallest absolute Gasteiger partial charge is 0.294 e. The van der Waals surface area contributed by atoms with Gasteiger partial charge < -0.3 is 14.8 Å². The lowest BCUT2D eigenvalue weighted by atomic mass is 10.0. The average Bonchev–Trinajstić information content (AvgIpc) is 2.94. The van der Waals surface area contributed by atoms with Crippen LogP contribution in [0, 0.1) is 6.92 Å². The summed E-state index contributed by atoms with van der Waals surface area (Å²) in [6.07, 6.45) is 1.75. The van der Waals surface area contributed by atoms with Crippen molar-refractivity contribution in [2.45, 2.75) is 13.0 Å². The van der Waals surface area contributed by atoms with Gasteiger partial charge in [-0.25, -0.2) is 0 Å². The highest BCUT2D eigenvalue weighted by Gasteiger charge is 2.21. The number of carbonyl (C=O) groups excluding carboxylic acids is 2. The third-order valence-corrected chi connectivity index (χ3v) is 4.01. The number of nitrogens with one attached hydrogen (secondary N) is 1. The Bertz CT molecular complexity index is 704. The van der Waals surface area contributed by atoms with Gasteiger partial charge in [-0.05, 0) is 44.3 Å². The molecule has 122 valence electrons. The van der Waals surface area contributed by atoms with E-state index in [1.54, 1.807) is 29.9 Å². The lowest BCUT2D eigenvalue weighted by molar-refractivity contribution is -0.117. The highest BCUT2D eigenvalue weighted by molar-refractivity contribution is 6.42. The number of nitrogens with zero attached hydrogens (tertiary/aromatic N) is 2. The highest BCUT2D eigenvalue weighted by Crippen LogP contribution is 2.20. The molecule has 5 heteroatoms. The number of rotatable bonds is 6. The Morgan fingerprint density at radius 2 is 1.87 bits per heavy atom. The number of Topliss-reactive ketones (excluding diaryl/α,β-unsaturated/α-hetero) is 1. The zero-order valence-corrected chi connectivity index (χ0v) is 14.0. The van der Waals surface area contributed by atoms with Crippen LogP contribution in [0.1, 0.15) is 27.7 Å². The number of benzene rings is 1. The molecule has 0 unspecified atom stereocenters. The van der Waals surface area contributed by atoms with Crippen LogP contribution in [0.15, 0.2) is 42.6 Å². The maximum absolute atomic E-state index is 12.2. The van der Waals surface area contributed by atoms with E-state index in [0.717, 1.165) is 11.1 Å². The van der Waals surface area contributed by atoms with E-state index in [2.05, 4.69) is 5.32 Å². The van der Waals surface area contributed by atoms with Crippen molar-refractivity contribution in [3.05, 3.63) is 59.4 Å². The molecule has 0 bridgehead atoms. The van der Waals surface area contributed by atoms with Gasteiger partial charge in [-0.3, -0.25) is 9.59 Å². The van der Waals surface area contributed by atoms with Crippen molar-refractivity contribution < 1.29 is 9.59 Å². The molecule has 0 saturated carbocycles. The molecule has 0 aliphatic heterocycles. The Morgan fingerprint density at radius 1 is 1.17 bits per heavy atom. The molecule has 1 aromatic carbocycles. The van der Waals surface area contributed by atoms with Crippen molar-refractivity contribution in [3.63, 3.8) is 0 Å². The van der Waals surface area contributed by atoms with E-state index >= 15 is 0 Å². The Kier molecular flexibility index (Phi) is 5.34. The quantitative estimate of drug-likeness (QED) is 0.655. The third-order valence-electron chi connectivity index (χ3n) is 4.01. The summed E-state index contributed by atoms with van der Waals surface area (Å²) in [4.78, 5) is 26.3. The maximum Gasteiger partial charge on any atom is 0.294 e. The van der Waals surface area contributed by atoms with Crippen LogP contribution in [0.25, 0.3) is 0 Å². The fraction of sp³-hybridized carbons (Fsp3) is 0.333. The molecular weight excluding hydrogens is 290 g/mol. The first-order valence-electron chi connectivity index (χ1n) is 7.57. The molecule has 2 rings (SSSR count). The molecule has 1 heterocycles. The van der Waals surface area contributed by atoms with Gasteiger partial charge in [0.05, 0.1) is 11.7 Å². The lowest BCUT2D eigenvalue weighted by Crippen LogP contribution is -2.38. The van der Waals surface area contributed by atoms with Crippen LogP contribution in [0.3, 0.4) is 0 Å². The van der Waals surface area contributed by atoms with E-state index in [-0.39, 0.29) is 6.04 Å². The average molecular weight is 313 g/mol. The summed E-state index contributed by atoms with van der Waals surface area (Å²) in [6, 6.07) is 11.5. The Morgan fingerprint density at radius 3 is 2.43 bits per heavy atom. The minimum absolute atomic E-state index is 0.0152. The molecule has 1 N–H and O–H groups in total. The summed E-state index contributed by atoms with van der Waals surface area (Å²) in [7, 11) is 5.67. The highest BCUT2D eigenvalue weighted by atomic mass is 16.2. The van der Waals surface area contributed by atoms with Gasteiger partial charge in [0, 0.05) is 19.8 Å². The Balaban J connectivity index is 2.08. The topological polar surface area (TPSA) is 54.3 Å². The zero-order valence-electron chi connectivity index (χ0n) is 14.0. The van der Waals surface area contributed by atoms with Gasteiger partial charge in [-0.2, -0.15) is 0 Å². The molecule has 0 saturated heterocycles. The van der Waals surface area contributed by atoms with Crippen molar-refractivity contribution >= 4 is 11.7 Å². The van der Waals surface area contributed by atoms with Gasteiger partial charge in [0.15, 0.2) is 0 Å². The summed E-state index contributed by atoms with van der Waals surface area (Å²) in [5.41, 5.74) is 2.69. The van der Waals surface area contributed by atoms with Crippen molar-refractivity contribution in [2.24, 2.45) is 7.05 Å². The standard InChI is InChI=1S/C18H23N3O2/c1-13-8-5-6-9-14(13)16(20(2)3)12-19-18(23)17(22)15-10-7-11-21(15)4/h5-11,16H,12H2,1-4H3,(H,19,23)/t16-/m1/s1. The van der Waals surface area contributed by atoms with E-state index in [4.69, 9.17) is 0 Å². The Labute approximate surface area is 136 Å². The molecule has 1 amide bonds. The number of amides is 1. The Hall–Kier alpha value is -2.40. The zero-order chi connectivity index (χ0) is 17.0. The molecule has 1 atom stereocenters. The predicted octanol–water partition coefficient (Wildman–Crippen LogP) is 1.94.